The molecule has 0 saturated heterocycles. The summed E-state index contributed by atoms with van der Waals surface area (Å²) in [5.41, 5.74) is 0.817. The fraction of sp³-hybridized carbons (Fsp3) is 0.476. The molecule has 3 aliphatic rings. The molecule has 0 unspecified atom stereocenters. The minimum atomic E-state index is -3.02. The average Bonchev–Trinajstić information content (AvgIpc) is 3.11. The number of likely N-dealkylation sites (N-methyl/N-ethyl adjacent to an activating group) is 1. The van der Waals surface area contributed by atoms with Gasteiger partial charge in [-0.3, -0.25) is 33.7 Å². The average molecular weight is 761 g/mol. The maximum absolute atomic E-state index is 14.2. The van der Waals surface area contributed by atoms with Gasteiger partial charge in [-0.15, -0.1) is 13.2 Å². The Kier molecular flexibility index (Phi) is 13.1. The summed E-state index contributed by atoms with van der Waals surface area (Å²) in [6.07, 6.45) is 7.16. The molecule has 296 valence electrons. The molecule has 0 aliphatic heterocycles. The number of Topliss-reactive ketones (excluding diaryl/α,β-unsaturated/α-hetero) is 5. The molecule has 1 aromatic carbocycles. The highest BCUT2D eigenvalue weighted by Crippen LogP contribution is 2.56. The summed E-state index contributed by atoms with van der Waals surface area (Å²) in [6, 6.07) is 1.70. The van der Waals surface area contributed by atoms with E-state index in [1.54, 1.807) is 37.3 Å². The Balaban J connectivity index is 1.61. The summed E-state index contributed by atoms with van der Waals surface area (Å²) in [5.74, 6) is -9.81. The number of carbonyl (C=O) groups excluding carboxylic acids is 6. The maximum atomic E-state index is 14.2. The van der Waals surface area contributed by atoms with E-state index in [-0.39, 0.29) is 54.2 Å². The molecule has 1 saturated carbocycles. The Morgan fingerprint density at radius 3 is 1.95 bits per heavy atom. The molecular formula is C42H52N2O11. The van der Waals surface area contributed by atoms with Crippen molar-refractivity contribution in [2.75, 3.05) is 14.1 Å². The number of aliphatic hydroxyl groups is 4. The predicted octanol–water partition coefficient (Wildman–Crippen LogP) is 4.11. The molecule has 0 radical (unpaired) electrons. The van der Waals surface area contributed by atoms with Crippen LogP contribution >= 0.6 is 0 Å². The van der Waals surface area contributed by atoms with E-state index in [4.69, 9.17) is 5.73 Å². The van der Waals surface area contributed by atoms with Crippen LogP contribution in [-0.2, 0) is 28.8 Å². The number of fused-ring (bicyclic) bond motifs is 3. The number of hydrogen-bond acceptors (Lipinski definition) is 12. The van der Waals surface area contributed by atoms with Crippen LogP contribution in [0.1, 0.15) is 94.2 Å². The molecule has 0 aromatic heterocycles. The van der Waals surface area contributed by atoms with E-state index < -0.39 is 86.8 Å². The molecule has 55 heavy (non-hydrogen) atoms. The molecule has 1 amide bonds. The minimum absolute atomic E-state index is 0.0123. The summed E-state index contributed by atoms with van der Waals surface area (Å²) >= 11 is 0. The topological polar surface area (TPSA) is 233 Å². The van der Waals surface area contributed by atoms with Gasteiger partial charge in [-0.1, -0.05) is 50.3 Å². The van der Waals surface area contributed by atoms with E-state index in [2.05, 4.69) is 13.2 Å². The Morgan fingerprint density at radius 1 is 0.927 bits per heavy atom. The molecular weight excluding hydrogens is 708 g/mol. The van der Waals surface area contributed by atoms with Crippen LogP contribution < -0.4 is 5.73 Å². The summed E-state index contributed by atoms with van der Waals surface area (Å²) in [6.45, 7) is 10.8. The van der Waals surface area contributed by atoms with E-state index in [1.165, 1.54) is 25.1 Å². The molecule has 13 nitrogen and oxygen atoms in total. The Morgan fingerprint density at radius 2 is 1.45 bits per heavy atom. The third kappa shape index (κ3) is 8.05. The van der Waals surface area contributed by atoms with Crippen molar-refractivity contribution >= 4 is 46.7 Å². The largest absolute Gasteiger partial charge is 0.508 e. The van der Waals surface area contributed by atoms with Gasteiger partial charge in [0.25, 0.3) is 5.91 Å². The summed E-state index contributed by atoms with van der Waals surface area (Å²) < 4.78 is 0. The molecule has 7 N–H and O–H groups in total. The Hall–Kier alpha value is -4.98. The summed E-state index contributed by atoms with van der Waals surface area (Å²) in [4.78, 5) is 78.6. The standard InChI is InChI=1S/C42H52N2O11/c1-7-10-24(45)16-19-41(4,20-17-25(46)11-8-2)21-18-26(47)13-9-12-23-14-15-27-22(3)28-30(35(49)29(27)34(23)48)38(52)42(55)32(36(28)50)33(44(5)6)37(51)31(39(42)53)40(43)54/h7-9,12,14-15,22,28,32-33,36,48-50,53,55H,1-2,10-11,13,16-21H2,3-6H3,(H2,43,54)/b12-9+/t22-,28+,32+,33-,36-,42-/m0/s1. The number of nitrogens with two attached hydrogens (primary N) is 1. The maximum Gasteiger partial charge on any atom is 0.255 e. The summed E-state index contributed by atoms with van der Waals surface area (Å²) in [5, 5.41) is 57.8. The lowest BCUT2D eigenvalue weighted by Crippen LogP contribution is -2.70. The van der Waals surface area contributed by atoms with Crippen molar-refractivity contribution in [2.24, 2.45) is 23.0 Å². The van der Waals surface area contributed by atoms with Gasteiger partial charge in [0.1, 0.15) is 40.2 Å². The van der Waals surface area contributed by atoms with Gasteiger partial charge in [0.05, 0.1) is 23.6 Å². The van der Waals surface area contributed by atoms with Crippen LogP contribution in [0.25, 0.3) is 11.8 Å². The fourth-order valence-corrected chi connectivity index (χ4v) is 8.41. The van der Waals surface area contributed by atoms with Crippen molar-refractivity contribution < 1.29 is 54.3 Å². The monoisotopic (exact) mass is 760 g/mol. The number of hydrogen-bond donors (Lipinski definition) is 6. The minimum Gasteiger partial charge on any atom is -0.508 e. The number of nitrogens with zero attached hydrogens (tertiary/aromatic N) is 1. The first kappa shape index (κ1) is 42.8. The quantitative estimate of drug-likeness (QED) is 0.0917. The van der Waals surface area contributed by atoms with Crippen LogP contribution in [0.3, 0.4) is 0 Å². The molecule has 6 atom stereocenters. The molecule has 1 aromatic rings. The Bertz CT molecular complexity index is 1880. The van der Waals surface area contributed by atoms with Gasteiger partial charge in [-0.2, -0.15) is 0 Å². The molecule has 13 heteroatoms. The third-order valence-corrected chi connectivity index (χ3v) is 11.6. The number of benzene rings is 1. The first-order valence-electron chi connectivity index (χ1n) is 18.4. The molecule has 1 fully saturated rings. The highest BCUT2D eigenvalue weighted by molar-refractivity contribution is 6.24. The van der Waals surface area contributed by atoms with Crippen molar-refractivity contribution in [3.63, 3.8) is 0 Å². The molecule has 0 bridgehead atoms. The SMILES string of the molecule is C=CCC(=O)CCC(C)(CCC(=O)CC=C)CCC(=O)C/C=C/c1ccc2c(c1O)C(O)=C1C(=O)[C@]3(O)C(O)=C(C(N)=O)C(=O)[C@@H](N(C)C)[C@@H]3[C@@H](O)[C@@H]1[C@H]2C. The van der Waals surface area contributed by atoms with Crippen LogP contribution in [0.2, 0.25) is 0 Å². The first-order chi connectivity index (χ1) is 25.8. The van der Waals surface area contributed by atoms with Crippen molar-refractivity contribution in [3.05, 3.63) is 77.1 Å². The molecule has 0 spiro atoms. The lowest BCUT2D eigenvalue weighted by molar-refractivity contribution is -0.169. The smallest absolute Gasteiger partial charge is 0.255 e. The van der Waals surface area contributed by atoms with Crippen LogP contribution in [0, 0.1) is 17.3 Å². The third-order valence-electron chi connectivity index (χ3n) is 11.6. The van der Waals surface area contributed by atoms with Gasteiger partial charge < -0.3 is 31.3 Å². The number of allylic oxidation sites excluding steroid dienone is 3. The van der Waals surface area contributed by atoms with Crippen LogP contribution in [0.4, 0.5) is 0 Å². The second-order valence-electron chi connectivity index (χ2n) is 15.5. The second kappa shape index (κ2) is 16.8. The van der Waals surface area contributed by atoms with Crippen molar-refractivity contribution in [1.82, 2.24) is 4.90 Å². The van der Waals surface area contributed by atoms with E-state index in [0.717, 1.165) is 0 Å². The van der Waals surface area contributed by atoms with Gasteiger partial charge in [0, 0.05) is 55.6 Å². The van der Waals surface area contributed by atoms with E-state index in [9.17, 15) is 54.3 Å². The van der Waals surface area contributed by atoms with Crippen molar-refractivity contribution in [1.29, 1.82) is 0 Å². The lowest BCUT2D eigenvalue weighted by Gasteiger charge is -2.53. The van der Waals surface area contributed by atoms with Gasteiger partial charge in [0.2, 0.25) is 5.78 Å². The van der Waals surface area contributed by atoms with Crippen molar-refractivity contribution in [2.45, 2.75) is 95.3 Å². The highest BCUT2D eigenvalue weighted by atomic mass is 16.4. The van der Waals surface area contributed by atoms with Crippen molar-refractivity contribution in [3.8, 4) is 5.75 Å². The van der Waals surface area contributed by atoms with Crippen LogP contribution in [0.5, 0.6) is 5.75 Å². The summed E-state index contributed by atoms with van der Waals surface area (Å²) in [7, 11) is 2.88. The number of amides is 1. The molecule has 3 aliphatic carbocycles. The van der Waals surface area contributed by atoms with Crippen LogP contribution in [-0.4, -0.2) is 97.1 Å². The number of primary amides is 1. The number of phenolic OH excluding ortho intramolecular Hbond substituents is 1. The van der Waals surface area contributed by atoms with Gasteiger partial charge in [0.15, 0.2) is 11.4 Å². The van der Waals surface area contributed by atoms with E-state index in [1.807, 2.05) is 6.92 Å². The highest BCUT2D eigenvalue weighted by Gasteiger charge is 2.68. The van der Waals surface area contributed by atoms with Gasteiger partial charge in [-0.25, -0.2) is 0 Å². The lowest BCUT2D eigenvalue weighted by atomic mass is 9.54. The van der Waals surface area contributed by atoms with E-state index in [0.29, 0.717) is 37.7 Å². The number of ketones is 5. The number of carbonyl (C=O) groups is 6. The zero-order chi connectivity index (χ0) is 41.2. The first-order valence-corrected chi connectivity index (χ1v) is 18.4. The number of phenols is 1. The van der Waals surface area contributed by atoms with Crippen LogP contribution in [0.15, 0.2) is 60.4 Å². The normalized spacial score (nSPS) is 25.1. The molecule has 0 heterocycles. The zero-order valence-electron chi connectivity index (χ0n) is 31.8. The predicted molar refractivity (Wildman–Crippen MR) is 204 cm³/mol. The number of rotatable bonds is 18. The number of aliphatic hydroxyl groups excluding tert-OH is 3. The van der Waals surface area contributed by atoms with E-state index >= 15 is 0 Å². The fourth-order valence-electron chi connectivity index (χ4n) is 8.41. The Labute approximate surface area is 320 Å². The number of aromatic hydroxyl groups is 1. The van der Waals surface area contributed by atoms with Gasteiger partial charge in [-0.05, 0) is 50.3 Å². The van der Waals surface area contributed by atoms with Gasteiger partial charge >= 0.3 is 0 Å². The second-order valence-corrected chi connectivity index (χ2v) is 15.5. The molecule has 4 rings (SSSR count). The zero-order valence-corrected chi connectivity index (χ0v) is 31.8.